The van der Waals surface area contributed by atoms with E-state index in [0.29, 0.717) is 13.2 Å². The van der Waals surface area contributed by atoms with E-state index in [-0.39, 0.29) is 18.6 Å². The van der Waals surface area contributed by atoms with E-state index >= 15 is 0 Å². The van der Waals surface area contributed by atoms with Crippen LogP contribution in [0.2, 0.25) is 0 Å². The molecule has 1 fully saturated rings. The fraction of sp³-hybridized carbons (Fsp3) is 0.750. The monoisotopic (exact) mass is 202 g/mol. The average Bonchev–Trinajstić information content (AvgIpc) is 1.99. The van der Waals surface area contributed by atoms with Gasteiger partial charge in [-0.05, 0) is 6.42 Å². The van der Waals surface area contributed by atoms with Crippen LogP contribution in [0.5, 0.6) is 0 Å². The largest absolute Gasteiger partial charge is 0.480 e. The first-order chi connectivity index (χ1) is 6.61. The summed E-state index contributed by atoms with van der Waals surface area (Å²) in [6.07, 6.45) is 0.786. The van der Waals surface area contributed by atoms with Crippen LogP contribution < -0.4 is 5.73 Å². The molecular formula is C8H14N2O4. The van der Waals surface area contributed by atoms with Crippen molar-refractivity contribution in [2.24, 2.45) is 5.73 Å². The van der Waals surface area contributed by atoms with Gasteiger partial charge in [0.15, 0.2) is 0 Å². The summed E-state index contributed by atoms with van der Waals surface area (Å²) in [5, 5.41) is 8.28. The van der Waals surface area contributed by atoms with Crippen molar-refractivity contribution in [1.82, 2.24) is 4.90 Å². The first-order valence-electron chi connectivity index (χ1n) is 4.44. The molecule has 6 heteroatoms. The van der Waals surface area contributed by atoms with Crippen LogP contribution in [-0.4, -0.2) is 54.2 Å². The Bertz CT molecular complexity index is 231. The van der Waals surface area contributed by atoms with Gasteiger partial charge in [0, 0.05) is 13.1 Å². The number of hydrogen-bond acceptors (Lipinski definition) is 4. The number of carbonyl (C=O) groups is 2. The summed E-state index contributed by atoms with van der Waals surface area (Å²) in [4.78, 5) is 22.7. The summed E-state index contributed by atoms with van der Waals surface area (Å²) >= 11 is 0. The maximum absolute atomic E-state index is 10.8. The van der Waals surface area contributed by atoms with Crippen molar-refractivity contribution < 1.29 is 19.4 Å². The van der Waals surface area contributed by atoms with Crippen LogP contribution in [0.15, 0.2) is 0 Å². The lowest BCUT2D eigenvalue weighted by atomic mass is 10.0. The van der Waals surface area contributed by atoms with Gasteiger partial charge in [0.05, 0.1) is 12.6 Å². The minimum absolute atomic E-state index is 0.191. The van der Waals surface area contributed by atoms with Gasteiger partial charge in [-0.25, -0.2) is 4.79 Å². The molecule has 1 aliphatic heterocycles. The molecule has 0 aromatic carbocycles. The van der Waals surface area contributed by atoms with Crippen LogP contribution in [0.3, 0.4) is 0 Å². The van der Waals surface area contributed by atoms with E-state index in [1.54, 1.807) is 0 Å². The molecule has 3 N–H and O–H groups in total. The fourth-order valence-electron chi connectivity index (χ4n) is 1.37. The Morgan fingerprint density at radius 3 is 2.71 bits per heavy atom. The molecule has 0 aromatic rings. The van der Waals surface area contributed by atoms with Crippen molar-refractivity contribution in [3.63, 3.8) is 0 Å². The van der Waals surface area contributed by atoms with Crippen molar-refractivity contribution in [1.29, 1.82) is 0 Å². The zero-order valence-electron chi connectivity index (χ0n) is 7.81. The summed E-state index contributed by atoms with van der Waals surface area (Å²) in [6.45, 7) is 1.40. The number of rotatable bonds is 6. The number of nitrogens with two attached hydrogens (primary N) is 1. The van der Waals surface area contributed by atoms with E-state index in [4.69, 9.17) is 15.6 Å². The molecule has 0 spiro atoms. The van der Waals surface area contributed by atoms with E-state index in [9.17, 15) is 9.59 Å². The Balaban J connectivity index is 2.07. The van der Waals surface area contributed by atoms with E-state index in [1.807, 2.05) is 4.90 Å². The molecule has 1 unspecified atom stereocenters. The van der Waals surface area contributed by atoms with E-state index < -0.39 is 5.97 Å². The highest BCUT2D eigenvalue weighted by Crippen LogP contribution is 2.15. The number of carboxylic acid groups (broad SMARTS) is 1. The summed E-state index contributed by atoms with van der Waals surface area (Å²) in [5.74, 6) is -1.31. The fourth-order valence-corrected chi connectivity index (χ4v) is 1.37. The molecule has 0 radical (unpaired) electrons. The van der Waals surface area contributed by atoms with Gasteiger partial charge in [0.25, 0.3) is 0 Å². The molecule has 1 aliphatic rings. The predicted molar refractivity (Wildman–Crippen MR) is 47.6 cm³/mol. The first kappa shape index (κ1) is 10.9. The van der Waals surface area contributed by atoms with Crippen LogP contribution in [0.4, 0.5) is 0 Å². The van der Waals surface area contributed by atoms with E-state index in [1.165, 1.54) is 0 Å². The second kappa shape index (κ2) is 4.92. The molecule has 1 atom stereocenters. The normalized spacial score (nSPS) is 21.6. The maximum Gasteiger partial charge on any atom is 0.329 e. The third kappa shape index (κ3) is 2.97. The van der Waals surface area contributed by atoms with Gasteiger partial charge in [-0.3, -0.25) is 9.69 Å². The van der Waals surface area contributed by atoms with Crippen LogP contribution in [0, 0.1) is 0 Å². The number of hydrogen-bond donors (Lipinski definition) is 2. The Morgan fingerprint density at radius 2 is 2.29 bits per heavy atom. The molecule has 1 amide bonds. The molecule has 0 saturated carbocycles. The molecule has 1 heterocycles. The van der Waals surface area contributed by atoms with Gasteiger partial charge in [0.1, 0.15) is 6.61 Å². The number of aliphatic carboxylic acids is 1. The molecule has 80 valence electrons. The van der Waals surface area contributed by atoms with Crippen molar-refractivity contribution in [2.45, 2.75) is 12.5 Å². The highest BCUT2D eigenvalue weighted by Gasteiger charge is 2.31. The minimum atomic E-state index is -0.986. The lowest BCUT2D eigenvalue weighted by Crippen LogP contribution is -2.55. The van der Waals surface area contributed by atoms with Crippen LogP contribution >= 0.6 is 0 Å². The highest BCUT2D eigenvalue weighted by molar-refractivity contribution is 5.80. The van der Waals surface area contributed by atoms with Gasteiger partial charge in [-0.15, -0.1) is 0 Å². The number of carboxylic acids is 1. The molecule has 6 nitrogen and oxygen atoms in total. The van der Waals surface area contributed by atoms with Gasteiger partial charge in [0.2, 0.25) is 5.91 Å². The Morgan fingerprint density at radius 1 is 1.57 bits per heavy atom. The number of nitrogens with zero attached hydrogens (tertiary/aromatic N) is 1. The Hall–Kier alpha value is -1.14. The molecule has 14 heavy (non-hydrogen) atoms. The molecular weight excluding hydrogens is 188 g/mol. The molecule has 0 aromatic heterocycles. The van der Waals surface area contributed by atoms with Crippen LogP contribution in [0.25, 0.3) is 0 Å². The highest BCUT2D eigenvalue weighted by atomic mass is 16.5. The third-order valence-corrected chi connectivity index (χ3v) is 2.21. The predicted octanol–water partition coefficient (Wildman–Crippen LogP) is -1.35. The molecule has 1 saturated heterocycles. The van der Waals surface area contributed by atoms with Crippen LogP contribution in [0.1, 0.15) is 6.42 Å². The summed E-state index contributed by atoms with van der Waals surface area (Å²) in [7, 11) is 0. The molecule has 0 aliphatic carbocycles. The Labute approximate surface area is 81.6 Å². The minimum Gasteiger partial charge on any atom is -0.480 e. The standard InChI is InChI=1S/C8H14N2O4/c9-8(13)6-1-2-10(6)3-4-14-5-7(11)12/h6H,1-5H2,(H2,9,13)(H,11,12). The lowest BCUT2D eigenvalue weighted by molar-refractivity contribution is -0.143. The summed E-state index contributed by atoms with van der Waals surface area (Å²) in [5.41, 5.74) is 5.13. The van der Waals surface area contributed by atoms with Crippen molar-refractivity contribution in [2.75, 3.05) is 26.3 Å². The van der Waals surface area contributed by atoms with Gasteiger partial charge in [-0.1, -0.05) is 0 Å². The Kier molecular flexibility index (Phi) is 3.84. The zero-order valence-corrected chi connectivity index (χ0v) is 7.81. The van der Waals surface area contributed by atoms with Gasteiger partial charge in [-0.2, -0.15) is 0 Å². The van der Waals surface area contributed by atoms with Gasteiger partial charge >= 0.3 is 5.97 Å². The number of likely N-dealkylation sites (tertiary alicyclic amines) is 1. The number of ether oxygens (including phenoxy) is 1. The van der Waals surface area contributed by atoms with Crippen molar-refractivity contribution >= 4 is 11.9 Å². The lowest BCUT2D eigenvalue weighted by Gasteiger charge is -2.38. The maximum atomic E-state index is 10.8. The molecule has 1 rings (SSSR count). The second-order valence-electron chi connectivity index (χ2n) is 3.19. The summed E-state index contributed by atoms with van der Waals surface area (Å²) < 4.78 is 4.84. The van der Waals surface area contributed by atoms with Crippen molar-refractivity contribution in [3.8, 4) is 0 Å². The van der Waals surface area contributed by atoms with Gasteiger partial charge < -0.3 is 15.6 Å². The number of carbonyl (C=O) groups excluding carboxylic acids is 1. The zero-order chi connectivity index (χ0) is 10.6. The van der Waals surface area contributed by atoms with Crippen LogP contribution in [-0.2, 0) is 14.3 Å². The molecule has 0 bridgehead atoms. The smallest absolute Gasteiger partial charge is 0.329 e. The van der Waals surface area contributed by atoms with E-state index in [2.05, 4.69) is 0 Å². The number of amides is 1. The first-order valence-corrected chi connectivity index (χ1v) is 4.44. The number of primary amides is 1. The topological polar surface area (TPSA) is 92.9 Å². The average molecular weight is 202 g/mol. The van der Waals surface area contributed by atoms with Crippen molar-refractivity contribution in [3.05, 3.63) is 0 Å². The van der Waals surface area contributed by atoms with E-state index in [0.717, 1.165) is 13.0 Å². The second-order valence-corrected chi connectivity index (χ2v) is 3.19. The SMILES string of the molecule is NC(=O)C1CCN1CCOCC(=O)O. The quantitative estimate of drug-likeness (QED) is 0.519. The third-order valence-electron chi connectivity index (χ3n) is 2.21. The summed E-state index contributed by atoms with van der Waals surface area (Å²) in [6, 6.07) is -0.191.